The first kappa shape index (κ1) is 15.9. The number of hydrogen-bond acceptors (Lipinski definition) is 3. The maximum absolute atomic E-state index is 13.4. The lowest BCUT2D eigenvalue weighted by Crippen LogP contribution is -2.61. The molecule has 5 saturated carbocycles. The topological polar surface area (TPSA) is 55.1 Å². The second-order valence-corrected chi connectivity index (χ2v) is 9.68. The zero-order valence-corrected chi connectivity index (χ0v) is 15.6. The molecular weight excluding hydrogens is 336 g/mol. The van der Waals surface area contributed by atoms with E-state index in [9.17, 15) is 4.79 Å². The predicted octanol–water partition coefficient (Wildman–Crippen LogP) is 4.46. The Morgan fingerprint density at radius 1 is 1.00 bits per heavy atom. The zero-order valence-electron chi connectivity index (χ0n) is 15.6. The van der Waals surface area contributed by atoms with Crippen LogP contribution in [0.1, 0.15) is 57.1 Å². The molecule has 1 aromatic heterocycles. The molecule has 5 aliphatic rings. The second-order valence-electron chi connectivity index (χ2n) is 9.68. The summed E-state index contributed by atoms with van der Waals surface area (Å²) in [7, 11) is 0. The molecule has 0 radical (unpaired) electrons. The van der Waals surface area contributed by atoms with Gasteiger partial charge < -0.3 is 9.84 Å². The highest BCUT2D eigenvalue weighted by atomic mass is 16.5. The third-order valence-electron chi connectivity index (χ3n) is 7.66. The molecule has 4 nitrogen and oxygen atoms in total. The quantitative estimate of drug-likeness (QED) is 0.874. The molecule has 0 unspecified atom stereocenters. The smallest absolute Gasteiger partial charge is 0.232 e. The van der Waals surface area contributed by atoms with E-state index in [1.807, 2.05) is 36.4 Å². The van der Waals surface area contributed by atoms with Crippen LogP contribution in [0.4, 0.5) is 0 Å². The van der Waals surface area contributed by atoms with Crippen LogP contribution in [0.5, 0.6) is 0 Å². The fourth-order valence-electron chi connectivity index (χ4n) is 6.59. The van der Waals surface area contributed by atoms with Crippen LogP contribution >= 0.6 is 0 Å². The van der Waals surface area contributed by atoms with Crippen LogP contribution < -0.4 is 5.32 Å². The molecule has 0 aliphatic heterocycles. The Bertz CT molecular complexity index is 846. The Balaban J connectivity index is 1.24. The van der Waals surface area contributed by atoms with E-state index in [1.54, 1.807) is 0 Å². The molecule has 27 heavy (non-hydrogen) atoms. The summed E-state index contributed by atoms with van der Waals surface area (Å²) in [4.78, 5) is 13.4. The number of benzene rings is 1. The number of carbonyl (C=O) groups excluding carboxylic acids is 1. The van der Waals surface area contributed by atoms with Crippen molar-refractivity contribution in [2.45, 2.75) is 62.3 Å². The van der Waals surface area contributed by atoms with Gasteiger partial charge in [0.15, 0.2) is 5.76 Å². The van der Waals surface area contributed by atoms with Crippen molar-refractivity contribution in [2.24, 2.45) is 17.8 Å². The van der Waals surface area contributed by atoms with E-state index in [4.69, 9.17) is 4.52 Å². The van der Waals surface area contributed by atoms with Gasteiger partial charge in [-0.1, -0.05) is 35.5 Å². The summed E-state index contributed by atoms with van der Waals surface area (Å²) in [5, 5.41) is 7.86. The second kappa shape index (κ2) is 5.46. The van der Waals surface area contributed by atoms with Gasteiger partial charge in [-0.15, -0.1) is 0 Å². The van der Waals surface area contributed by atoms with Gasteiger partial charge in [0.1, 0.15) is 0 Å². The third-order valence-corrected chi connectivity index (χ3v) is 7.66. The van der Waals surface area contributed by atoms with Gasteiger partial charge in [-0.05, 0) is 69.1 Å². The summed E-state index contributed by atoms with van der Waals surface area (Å²) < 4.78 is 5.59. The Morgan fingerprint density at radius 2 is 1.63 bits per heavy atom. The highest BCUT2D eigenvalue weighted by Gasteiger charge is 2.58. The third kappa shape index (κ3) is 2.49. The summed E-state index contributed by atoms with van der Waals surface area (Å²) in [5.74, 6) is 3.45. The van der Waals surface area contributed by atoms with Crippen molar-refractivity contribution in [1.29, 1.82) is 0 Å². The van der Waals surface area contributed by atoms with Gasteiger partial charge in [0, 0.05) is 17.2 Å². The van der Waals surface area contributed by atoms with E-state index in [1.165, 1.54) is 38.5 Å². The molecule has 4 heteroatoms. The van der Waals surface area contributed by atoms with Crippen LogP contribution in [0.3, 0.4) is 0 Å². The van der Waals surface area contributed by atoms with Gasteiger partial charge in [-0.2, -0.15) is 0 Å². The average Bonchev–Trinajstić information content (AvgIpc) is 3.31. The summed E-state index contributed by atoms with van der Waals surface area (Å²) in [6, 6.07) is 12.0. The van der Waals surface area contributed by atoms with Gasteiger partial charge in [0.05, 0.1) is 11.1 Å². The fraction of sp³-hybridized carbons (Fsp3) is 0.565. The van der Waals surface area contributed by atoms with Crippen molar-refractivity contribution < 1.29 is 9.32 Å². The lowest BCUT2D eigenvalue weighted by Gasteiger charge is -2.57. The molecule has 1 aromatic carbocycles. The first-order valence-corrected chi connectivity index (χ1v) is 10.5. The first-order chi connectivity index (χ1) is 13.1. The minimum atomic E-state index is -0.458. The van der Waals surface area contributed by atoms with E-state index in [-0.39, 0.29) is 11.4 Å². The van der Waals surface area contributed by atoms with Gasteiger partial charge in [-0.25, -0.2) is 0 Å². The average molecular weight is 362 g/mol. The van der Waals surface area contributed by atoms with Gasteiger partial charge in [0.2, 0.25) is 5.91 Å². The summed E-state index contributed by atoms with van der Waals surface area (Å²) in [6.45, 7) is 0. The van der Waals surface area contributed by atoms with E-state index < -0.39 is 5.41 Å². The Hall–Kier alpha value is -2.10. The van der Waals surface area contributed by atoms with Crippen molar-refractivity contribution in [3.8, 4) is 11.3 Å². The molecule has 7 rings (SSSR count). The standard InChI is InChI=1S/C23H26N2O2/c26-21(24-22-12-15-8-16(13-22)10-17(9-15)14-22)23(6-7-23)20-11-19(27-25-20)18-4-2-1-3-5-18/h1-5,11,15-17H,6-10,12-14H2,(H,24,26). The van der Waals surface area contributed by atoms with Crippen molar-refractivity contribution in [3.63, 3.8) is 0 Å². The predicted molar refractivity (Wildman–Crippen MR) is 102 cm³/mol. The van der Waals surface area contributed by atoms with Crippen molar-refractivity contribution in [1.82, 2.24) is 10.5 Å². The van der Waals surface area contributed by atoms with Crippen molar-refractivity contribution in [3.05, 3.63) is 42.1 Å². The van der Waals surface area contributed by atoms with E-state index in [2.05, 4.69) is 10.5 Å². The molecule has 140 valence electrons. The monoisotopic (exact) mass is 362 g/mol. The Kier molecular flexibility index (Phi) is 3.22. The maximum Gasteiger partial charge on any atom is 0.232 e. The molecule has 0 spiro atoms. The number of rotatable bonds is 4. The number of nitrogens with zero attached hydrogens (tertiary/aromatic N) is 1. The van der Waals surface area contributed by atoms with Crippen LogP contribution in [0.2, 0.25) is 0 Å². The van der Waals surface area contributed by atoms with Gasteiger partial charge in [-0.3, -0.25) is 4.79 Å². The van der Waals surface area contributed by atoms with Gasteiger partial charge in [0.25, 0.3) is 0 Å². The summed E-state index contributed by atoms with van der Waals surface area (Å²) >= 11 is 0. The SMILES string of the molecule is O=C(NC12CC3CC(CC(C3)C1)C2)C1(c2cc(-c3ccccc3)on2)CC1. The van der Waals surface area contributed by atoms with E-state index in [0.29, 0.717) is 0 Å². The molecule has 1 amide bonds. The molecule has 0 saturated heterocycles. The molecule has 5 aliphatic carbocycles. The zero-order chi connectivity index (χ0) is 18.1. The number of carbonyl (C=O) groups is 1. The minimum Gasteiger partial charge on any atom is -0.356 e. The number of hydrogen-bond donors (Lipinski definition) is 1. The molecule has 0 atom stereocenters. The lowest BCUT2D eigenvalue weighted by molar-refractivity contribution is -0.129. The van der Waals surface area contributed by atoms with Crippen molar-refractivity contribution >= 4 is 5.91 Å². The fourth-order valence-corrected chi connectivity index (χ4v) is 6.59. The van der Waals surface area contributed by atoms with Crippen LogP contribution in [-0.2, 0) is 10.2 Å². The lowest BCUT2D eigenvalue weighted by atomic mass is 9.53. The molecule has 1 N–H and O–H groups in total. The maximum atomic E-state index is 13.4. The summed E-state index contributed by atoms with van der Waals surface area (Å²) in [6.07, 6.45) is 9.51. The molecular formula is C23H26N2O2. The normalized spacial score (nSPS) is 35.2. The number of aromatic nitrogens is 1. The largest absolute Gasteiger partial charge is 0.356 e. The molecule has 2 aromatic rings. The number of amides is 1. The van der Waals surface area contributed by atoms with Crippen molar-refractivity contribution in [2.75, 3.05) is 0 Å². The van der Waals surface area contributed by atoms with Crippen LogP contribution in [0.25, 0.3) is 11.3 Å². The number of nitrogens with one attached hydrogen (secondary N) is 1. The first-order valence-electron chi connectivity index (χ1n) is 10.5. The van der Waals surface area contributed by atoms with E-state index in [0.717, 1.165) is 47.6 Å². The van der Waals surface area contributed by atoms with Crippen LogP contribution in [0, 0.1) is 17.8 Å². The van der Waals surface area contributed by atoms with Crippen LogP contribution in [0.15, 0.2) is 40.9 Å². The Labute approximate surface area is 159 Å². The highest BCUT2D eigenvalue weighted by molar-refractivity contribution is 5.91. The van der Waals surface area contributed by atoms with Crippen LogP contribution in [-0.4, -0.2) is 16.6 Å². The minimum absolute atomic E-state index is 0.0629. The highest BCUT2D eigenvalue weighted by Crippen LogP contribution is 2.57. The van der Waals surface area contributed by atoms with Gasteiger partial charge >= 0.3 is 0 Å². The molecule has 1 heterocycles. The summed E-state index contributed by atoms with van der Waals surface area (Å²) in [5.41, 5.74) is 1.42. The molecule has 5 fully saturated rings. The Morgan fingerprint density at radius 3 is 2.22 bits per heavy atom. The van der Waals surface area contributed by atoms with E-state index >= 15 is 0 Å². The molecule has 4 bridgehead atoms.